The Balaban J connectivity index is 1.72. The number of para-hydroxylation sites is 1. The molecule has 0 unspecified atom stereocenters. The summed E-state index contributed by atoms with van der Waals surface area (Å²) in [5, 5.41) is 12.2. The van der Waals surface area contributed by atoms with E-state index in [0.717, 1.165) is 5.56 Å². The van der Waals surface area contributed by atoms with Gasteiger partial charge in [-0.25, -0.2) is 9.97 Å². The lowest BCUT2D eigenvalue weighted by Gasteiger charge is -2.20. The van der Waals surface area contributed by atoms with Crippen LogP contribution in [-0.2, 0) is 6.54 Å². The van der Waals surface area contributed by atoms with E-state index >= 15 is 0 Å². The summed E-state index contributed by atoms with van der Waals surface area (Å²) in [6, 6.07) is 19.1. The highest BCUT2D eigenvalue weighted by Crippen LogP contribution is 2.18. The number of nitrogens with one attached hydrogen (secondary N) is 1. The van der Waals surface area contributed by atoms with Gasteiger partial charge >= 0.3 is 0 Å². The maximum absolute atomic E-state index is 12.7. The van der Waals surface area contributed by atoms with Crippen LogP contribution in [0.5, 0.6) is 0 Å². The van der Waals surface area contributed by atoms with Gasteiger partial charge in [0.05, 0.1) is 23.6 Å². The first-order valence-electron chi connectivity index (χ1n) is 8.62. The van der Waals surface area contributed by atoms with Gasteiger partial charge in [-0.2, -0.15) is 5.26 Å². The molecule has 0 aliphatic rings. The minimum Gasteiger partial charge on any atom is -0.338 e. The number of carbonyl (C=O) groups is 1. The van der Waals surface area contributed by atoms with Crippen molar-refractivity contribution in [2.45, 2.75) is 13.5 Å². The Morgan fingerprint density at radius 3 is 2.48 bits per heavy atom. The van der Waals surface area contributed by atoms with Crippen molar-refractivity contribution in [1.82, 2.24) is 14.9 Å². The molecule has 1 aromatic heterocycles. The molecule has 3 rings (SSSR count). The summed E-state index contributed by atoms with van der Waals surface area (Å²) in [5.41, 5.74) is 2.51. The predicted molar refractivity (Wildman–Crippen MR) is 103 cm³/mol. The lowest BCUT2D eigenvalue weighted by molar-refractivity contribution is 0.0746. The molecule has 0 aliphatic carbocycles. The third kappa shape index (κ3) is 4.47. The number of nitriles is 1. The Morgan fingerprint density at radius 1 is 1.07 bits per heavy atom. The van der Waals surface area contributed by atoms with E-state index in [1.54, 1.807) is 23.1 Å². The minimum absolute atomic E-state index is 0.169. The second-order valence-corrected chi connectivity index (χ2v) is 5.87. The molecule has 3 aromatic rings. The van der Waals surface area contributed by atoms with Crippen LogP contribution in [0.15, 0.2) is 67.0 Å². The van der Waals surface area contributed by atoms with Crippen LogP contribution in [0.2, 0.25) is 0 Å². The number of benzene rings is 2. The number of anilines is 2. The monoisotopic (exact) mass is 357 g/mol. The van der Waals surface area contributed by atoms with E-state index < -0.39 is 0 Å². The lowest BCUT2D eigenvalue weighted by atomic mass is 10.2. The van der Waals surface area contributed by atoms with Crippen molar-refractivity contribution in [2.24, 2.45) is 0 Å². The van der Waals surface area contributed by atoms with Crippen molar-refractivity contribution in [1.29, 1.82) is 5.26 Å². The number of rotatable bonds is 6. The Hall–Kier alpha value is -3.72. The van der Waals surface area contributed by atoms with Crippen LogP contribution < -0.4 is 5.32 Å². The molecular formula is C21H19N5O. The molecule has 0 aliphatic heterocycles. The number of carbonyl (C=O) groups excluding carboxylic acids is 1. The molecule has 0 fully saturated rings. The van der Waals surface area contributed by atoms with Gasteiger partial charge in [-0.3, -0.25) is 4.79 Å². The third-order valence-electron chi connectivity index (χ3n) is 4.07. The predicted octanol–water partition coefficient (Wildman–Crippen LogP) is 3.75. The number of nitrogens with zero attached hydrogens (tertiary/aromatic N) is 4. The zero-order chi connectivity index (χ0) is 19.1. The zero-order valence-corrected chi connectivity index (χ0v) is 15.0. The van der Waals surface area contributed by atoms with E-state index in [-0.39, 0.29) is 11.6 Å². The average Bonchev–Trinajstić information content (AvgIpc) is 2.73. The molecule has 2 aromatic carbocycles. The Kier molecular flexibility index (Phi) is 5.75. The largest absolute Gasteiger partial charge is 0.338 e. The average molecular weight is 357 g/mol. The highest BCUT2D eigenvalue weighted by atomic mass is 16.2. The van der Waals surface area contributed by atoms with Gasteiger partial charge in [0, 0.05) is 13.1 Å². The molecule has 0 radical (unpaired) electrons. The smallest absolute Gasteiger partial charge is 0.274 e. The van der Waals surface area contributed by atoms with Gasteiger partial charge in [0.1, 0.15) is 17.6 Å². The maximum atomic E-state index is 12.7. The molecule has 0 bridgehead atoms. The van der Waals surface area contributed by atoms with Gasteiger partial charge in [-0.05, 0) is 24.6 Å². The molecule has 6 heteroatoms. The van der Waals surface area contributed by atoms with Crippen molar-refractivity contribution in [3.8, 4) is 6.07 Å². The molecule has 27 heavy (non-hydrogen) atoms. The van der Waals surface area contributed by atoms with Crippen LogP contribution in [0.25, 0.3) is 0 Å². The van der Waals surface area contributed by atoms with Gasteiger partial charge in [0.15, 0.2) is 0 Å². The SMILES string of the molecule is CCN(Cc1ccccc1)C(=O)c1cnc(Nc2ccccc2C#N)cn1. The fourth-order valence-electron chi connectivity index (χ4n) is 2.62. The van der Waals surface area contributed by atoms with Crippen molar-refractivity contribution >= 4 is 17.4 Å². The molecule has 1 heterocycles. The topological polar surface area (TPSA) is 81.9 Å². The van der Waals surface area contributed by atoms with E-state index in [1.165, 1.54) is 12.4 Å². The first kappa shape index (κ1) is 18.1. The summed E-state index contributed by atoms with van der Waals surface area (Å²) < 4.78 is 0. The molecule has 6 nitrogen and oxygen atoms in total. The van der Waals surface area contributed by atoms with Crippen molar-refractivity contribution in [3.63, 3.8) is 0 Å². The van der Waals surface area contributed by atoms with E-state index in [2.05, 4.69) is 21.4 Å². The second-order valence-electron chi connectivity index (χ2n) is 5.87. The van der Waals surface area contributed by atoms with E-state index in [4.69, 9.17) is 5.26 Å². The third-order valence-corrected chi connectivity index (χ3v) is 4.07. The van der Waals surface area contributed by atoms with Crippen molar-refractivity contribution in [3.05, 3.63) is 83.8 Å². The van der Waals surface area contributed by atoms with E-state index in [9.17, 15) is 4.79 Å². The standard InChI is InChI=1S/C21H19N5O/c1-2-26(15-16-8-4-3-5-9-16)21(27)19-13-24-20(14-23-19)25-18-11-7-6-10-17(18)12-22/h3-11,13-14H,2,15H2,1H3,(H,24,25). The van der Waals surface area contributed by atoms with Crippen LogP contribution in [-0.4, -0.2) is 27.3 Å². The quantitative estimate of drug-likeness (QED) is 0.726. The number of aromatic nitrogens is 2. The minimum atomic E-state index is -0.169. The first-order valence-corrected chi connectivity index (χ1v) is 8.62. The number of hydrogen-bond donors (Lipinski definition) is 1. The lowest BCUT2D eigenvalue weighted by Crippen LogP contribution is -2.31. The summed E-state index contributed by atoms with van der Waals surface area (Å²) in [7, 11) is 0. The molecule has 0 saturated heterocycles. The van der Waals surface area contributed by atoms with Crippen LogP contribution in [0.1, 0.15) is 28.5 Å². The normalized spacial score (nSPS) is 10.1. The van der Waals surface area contributed by atoms with Gasteiger partial charge in [-0.15, -0.1) is 0 Å². The van der Waals surface area contributed by atoms with Crippen LogP contribution >= 0.6 is 0 Å². The van der Waals surface area contributed by atoms with Crippen molar-refractivity contribution < 1.29 is 4.79 Å². The summed E-state index contributed by atoms with van der Waals surface area (Å²) in [6.07, 6.45) is 2.95. The molecule has 134 valence electrons. The van der Waals surface area contributed by atoms with Gasteiger partial charge in [0.25, 0.3) is 5.91 Å². The highest BCUT2D eigenvalue weighted by molar-refractivity contribution is 5.92. The van der Waals surface area contributed by atoms with Crippen LogP contribution in [0.3, 0.4) is 0 Å². The Morgan fingerprint density at radius 2 is 1.81 bits per heavy atom. The molecule has 0 atom stereocenters. The van der Waals surface area contributed by atoms with E-state index in [0.29, 0.717) is 30.2 Å². The molecule has 0 spiro atoms. The molecule has 1 amide bonds. The second kappa shape index (κ2) is 8.59. The van der Waals surface area contributed by atoms with Crippen LogP contribution in [0.4, 0.5) is 11.5 Å². The highest BCUT2D eigenvalue weighted by Gasteiger charge is 2.16. The molecule has 1 N–H and O–H groups in total. The van der Waals surface area contributed by atoms with E-state index in [1.807, 2.05) is 43.3 Å². The van der Waals surface area contributed by atoms with Crippen molar-refractivity contribution in [2.75, 3.05) is 11.9 Å². The van der Waals surface area contributed by atoms with Gasteiger partial charge in [-0.1, -0.05) is 42.5 Å². The number of hydrogen-bond acceptors (Lipinski definition) is 5. The first-order chi connectivity index (χ1) is 13.2. The number of amides is 1. The fourth-order valence-corrected chi connectivity index (χ4v) is 2.62. The summed E-state index contributed by atoms with van der Waals surface area (Å²) in [4.78, 5) is 22.9. The molecular weight excluding hydrogens is 338 g/mol. The Bertz CT molecular complexity index is 948. The van der Waals surface area contributed by atoms with Crippen LogP contribution in [0, 0.1) is 11.3 Å². The summed E-state index contributed by atoms with van der Waals surface area (Å²) in [5.74, 6) is 0.304. The van der Waals surface area contributed by atoms with Gasteiger partial charge < -0.3 is 10.2 Å². The fraction of sp³-hybridized carbons (Fsp3) is 0.143. The maximum Gasteiger partial charge on any atom is 0.274 e. The Labute approximate surface area is 158 Å². The summed E-state index contributed by atoms with van der Waals surface area (Å²) in [6.45, 7) is 3.03. The molecule has 0 saturated carbocycles. The van der Waals surface area contributed by atoms with Gasteiger partial charge in [0.2, 0.25) is 0 Å². The zero-order valence-electron chi connectivity index (χ0n) is 15.0. The summed E-state index contributed by atoms with van der Waals surface area (Å²) >= 11 is 0.